The van der Waals surface area contributed by atoms with Crippen molar-refractivity contribution in [1.82, 2.24) is 4.90 Å². The first-order valence-electron chi connectivity index (χ1n) is 8.28. The van der Waals surface area contributed by atoms with Crippen molar-refractivity contribution < 1.29 is 24.0 Å². The Kier molecular flexibility index (Phi) is 5.39. The van der Waals surface area contributed by atoms with Gasteiger partial charge in [-0.3, -0.25) is 14.9 Å². The van der Waals surface area contributed by atoms with Gasteiger partial charge in [-0.15, -0.1) is 0 Å². The van der Waals surface area contributed by atoms with Crippen LogP contribution in [-0.2, 0) is 12.0 Å². The van der Waals surface area contributed by atoms with E-state index in [0.717, 1.165) is 0 Å². The molecule has 0 aliphatic rings. The fourth-order valence-corrected chi connectivity index (χ4v) is 2.81. The summed E-state index contributed by atoms with van der Waals surface area (Å²) in [6.07, 6.45) is 0. The third-order valence-corrected chi connectivity index (χ3v) is 4.19. The van der Waals surface area contributed by atoms with Gasteiger partial charge in [0.2, 0.25) is 0 Å². The van der Waals surface area contributed by atoms with Crippen molar-refractivity contribution in [2.24, 2.45) is 0 Å². The van der Waals surface area contributed by atoms with Crippen LogP contribution < -0.4 is 0 Å². The lowest BCUT2D eigenvalue weighted by atomic mass is 9.85. The largest absolute Gasteiger partial charge is 0.478 e. The average Bonchev–Trinajstić information content (AvgIpc) is 2.93. The van der Waals surface area contributed by atoms with E-state index in [2.05, 4.69) is 0 Å². The summed E-state index contributed by atoms with van der Waals surface area (Å²) in [4.78, 5) is 36.0. The van der Waals surface area contributed by atoms with E-state index in [1.807, 2.05) is 20.8 Å². The smallest absolute Gasteiger partial charge is 0.339 e. The maximum absolute atomic E-state index is 12.7. The van der Waals surface area contributed by atoms with Gasteiger partial charge < -0.3 is 14.4 Å². The highest BCUT2D eigenvalue weighted by molar-refractivity contribution is 5.95. The van der Waals surface area contributed by atoms with Gasteiger partial charge in [0.1, 0.15) is 17.1 Å². The predicted octanol–water partition coefficient (Wildman–Crippen LogP) is 3.76. The molecule has 2 rings (SSSR count). The molecular weight excluding hydrogens is 352 g/mol. The number of nitrogens with zero attached hydrogens (tertiary/aromatic N) is 2. The highest BCUT2D eigenvalue weighted by Gasteiger charge is 2.27. The number of nitro benzene ring substituents is 1. The van der Waals surface area contributed by atoms with Crippen molar-refractivity contribution >= 4 is 17.6 Å². The number of carbonyl (C=O) groups is 2. The summed E-state index contributed by atoms with van der Waals surface area (Å²) >= 11 is 0. The number of carboxylic acid groups (broad SMARTS) is 1. The highest BCUT2D eigenvalue weighted by atomic mass is 16.6. The lowest BCUT2D eigenvalue weighted by Gasteiger charge is -2.20. The first-order valence-corrected chi connectivity index (χ1v) is 8.28. The van der Waals surface area contributed by atoms with Crippen LogP contribution in [0.15, 0.2) is 28.7 Å². The Bertz CT molecular complexity index is 907. The number of carbonyl (C=O) groups excluding carboxylic acids is 1. The third-order valence-electron chi connectivity index (χ3n) is 4.19. The number of aryl methyl sites for hydroxylation is 1. The highest BCUT2D eigenvalue weighted by Crippen LogP contribution is 2.32. The van der Waals surface area contributed by atoms with Crippen molar-refractivity contribution in [3.05, 3.63) is 62.6 Å². The summed E-state index contributed by atoms with van der Waals surface area (Å²) in [5, 5.41) is 20.5. The summed E-state index contributed by atoms with van der Waals surface area (Å²) in [5.74, 6) is -0.959. The van der Waals surface area contributed by atoms with E-state index >= 15 is 0 Å². The molecule has 1 N–H and O–H groups in total. The van der Waals surface area contributed by atoms with Gasteiger partial charge in [-0.1, -0.05) is 26.8 Å². The minimum Gasteiger partial charge on any atom is -0.478 e. The van der Waals surface area contributed by atoms with Gasteiger partial charge in [0.05, 0.1) is 11.5 Å². The van der Waals surface area contributed by atoms with Gasteiger partial charge in [0.25, 0.3) is 11.6 Å². The van der Waals surface area contributed by atoms with Crippen molar-refractivity contribution in [2.75, 3.05) is 7.05 Å². The fraction of sp³-hybridized carbons (Fsp3) is 0.368. The molecule has 1 amide bonds. The number of hydrogen-bond acceptors (Lipinski definition) is 5. The van der Waals surface area contributed by atoms with Gasteiger partial charge >= 0.3 is 5.97 Å². The molecule has 0 aliphatic heterocycles. The van der Waals surface area contributed by atoms with Crippen LogP contribution in [-0.4, -0.2) is 33.9 Å². The zero-order chi connectivity index (χ0) is 20.5. The molecule has 0 unspecified atom stereocenters. The molecule has 0 saturated heterocycles. The Morgan fingerprint density at radius 3 is 2.37 bits per heavy atom. The maximum Gasteiger partial charge on any atom is 0.339 e. The second kappa shape index (κ2) is 7.22. The van der Waals surface area contributed by atoms with E-state index in [1.54, 1.807) is 12.1 Å². The molecule has 1 aromatic carbocycles. The summed E-state index contributed by atoms with van der Waals surface area (Å²) < 4.78 is 5.38. The quantitative estimate of drug-likeness (QED) is 0.629. The molecule has 144 valence electrons. The maximum atomic E-state index is 12.7. The number of amides is 1. The first kappa shape index (κ1) is 20.2. The second-order valence-corrected chi connectivity index (χ2v) is 7.39. The Balaban J connectivity index is 2.29. The van der Waals surface area contributed by atoms with Crippen LogP contribution in [0.2, 0.25) is 0 Å². The van der Waals surface area contributed by atoms with Gasteiger partial charge in [0.15, 0.2) is 0 Å². The van der Waals surface area contributed by atoms with E-state index in [4.69, 9.17) is 9.52 Å². The number of furan rings is 1. The van der Waals surface area contributed by atoms with Crippen LogP contribution >= 0.6 is 0 Å². The molecule has 1 heterocycles. The van der Waals surface area contributed by atoms with Crippen LogP contribution in [0.4, 0.5) is 5.69 Å². The molecule has 0 bridgehead atoms. The van der Waals surface area contributed by atoms with Crippen molar-refractivity contribution in [2.45, 2.75) is 39.7 Å². The monoisotopic (exact) mass is 374 g/mol. The fourth-order valence-electron chi connectivity index (χ4n) is 2.81. The number of benzene rings is 1. The number of carboxylic acids is 1. The standard InChI is InChI=1S/C19H22N2O6/c1-11-14(18(23)24)9-13(27-11)10-20(5)17(22)12-6-7-15(19(2,3)4)16(8-12)21(25)26/h6-9H,10H2,1-5H3,(H,23,24). The molecule has 2 aromatic rings. The molecular formula is C19H22N2O6. The number of hydrogen-bond donors (Lipinski definition) is 1. The first-order chi connectivity index (χ1) is 12.4. The summed E-state index contributed by atoms with van der Waals surface area (Å²) in [6.45, 7) is 7.16. The molecule has 1 aromatic heterocycles. The molecule has 8 heteroatoms. The summed E-state index contributed by atoms with van der Waals surface area (Å²) in [6, 6.07) is 5.79. The van der Waals surface area contributed by atoms with Crippen LogP contribution in [0.25, 0.3) is 0 Å². The van der Waals surface area contributed by atoms with E-state index in [-0.39, 0.29) is 29.1 Å². The second-order valence-electron chi connectivity index (χ2n) is 7.39. The number of aromatic carboxylic acids is 1. The van der Waals surface area contributed by atoms with Crippen LogP contribution in [0, 0.1) is 17.0 Å². The lowest BCUT2D eigenvalue weighted by molar-refractivity contribution is -0.386. The average molecular weight is 374 g/mol. The normalized spacial score (nSPS) is 11.3. The number of rotatable bonds is 5. The Hall–Kier alpha value is -3.16. The van der Waals surface area contributed by atoms with Crippen molar-refractivity contribution in [3.8, 4) is 0 Å². The van der Waals surface area contributed by atoms with Crippen molar-refractivity contribution in [1.29, 1.82) is 0 Å². The zero-order valence-corrected chi connectivity index (χ0v) is 15.9. The SMILES string of the molecule is Cc1oc(CN(C)C(=O)c2ccc(C(C)(C)C)c([N+](=O)[O-])c2)cc1C(=O)O. The van der Waals surface area contributed by atoms with Gasteiger partial charge in [-0.2, -0.15) is 0 Å². The van der Waals surface area contributed by atoms with Crippen LogP contribution in [0.1, 0.15) is 58.6 Å². The minimum atomic E-state index is -1.11. The Labute approximate surface area is 156 Å². The van der Waals surface area contributed by atoms with E-state index in [9.17, 15) is 19.7 Å². The number of nitro groups is 1. The minimum absolute atomic E-state index is 0.0380. The summed E-state index contributed by atoms with van der Waals surface area (Å²) in [5.41, 5.74) is 0.215. The van der Waals surface area contributed by atoms with E-state index < -0.39 is 22.2 Å². The molecule has 0 aliphatic carbocycles. The van der Waals surface area contributed by atoms with Crippen molar-refractivity contribution in [3.63, 3.8) is 0 Å². The predicted molar refractivity (Wildman–Crippen MR) is 98.0 cm³/mol. The van der Waals surface area contributed by atoms with E-state index in [0.29, 0.717) is 11.3 Å². The molecule has 27 heavy (non-hydrogen) atoms. The zero-order valence-electron chi connectivity index (χ0n) is 15.9. The molecule has 0 spiro atoms. The molecule has 8 nitrogen and oxygen atoms in total. The lowest BCUT2D eigenvalue weighted by Crippen LogP contribution is -2.26. The van der Waals surface area contributed by atoms with Crippen LogP contribution in [0.5, 0.6) is 0 Å². The molecule has 0 radical (unpaired) electrons. The molecule has 0 saturated carbocycles. The van der Waals surface area contributed by atoms with Gasteiger partial charge in [-0.25, -0.2) is 4.79 Å². The van der Waals surface area contributed by atoms with Crippen LogP contribution in [0.3, 0.4) is 0 Å². The van der Waals surface area contributed by atoms with E-state index in [1.165, 1.54) is 31.0 Å². The summed E-state index contributed by atoms with van der Waals surface area (Å²) in [7, 11) is 1.52. The molecule has 0 fully saturated rings. The molecule has 0 atom stereocenters. The van der Waals surface area contributed by atoms with Gasteiger partial charge in [0, 0.05) is 24.2 Å². The Morgan fingerprint density at radius 1 is 1.26 bits per heavy atom. The Morgan fingerprint density at radius 2 is 1.89 bits per heavy atom. The topological polar surface area (TPSA) is 114 Å². The third kappa shape index (κ3) is 4.33. The van der Waals surface area contributed by atoms with Gasteiger partial charge in [-0.05, 0) is 24.5 Å².